The Hall–Kier alpha value is -4.03. The van der Waals surface area contributed by atoms with Gasteiger partial charge >= 0.3 is 0 Å². The second kappa shape index (κ2) is 10.8. The molecule has 6 nitrogen and oxygen atoms in total. The van der Waals surface area contributed by atoms with Gasteiger partial charge in [0.15, 0.2) is 5.65 Å². The monoisotopic (exact) mass is 502 g/mol. The molecule has 3 aromatic carbocycles. The SMILES string of the molecule is Nc1cc(C(CCNC2(c3ccccc3)CCC(c3ccccc3)CC2)c2ccccc2)c2nn[nH]c2n1. The maximum absolute atomic E-state index is 6.20. The predicted molar refractivity (Wildman–Crippen MR) is 153 cm³/mol. The van der Waals surface area contributed by atoms with Crippen LogP contribution in [0.15, 0.2) is 97.1 Å². The van der Waals surface area contributed by atoms with E-state index in [0.29, 0.717) is 17.4 Å². The van der Waals surface area contributed by atoms with Crippen LogP contribution >= 0.6 is 0 Å². The number of hydrogen-bond acceptors (Lipinski definition) is 5. The van der Waals surface area contributed by atoms with Crippen LogP contribution in [0.3, 0.4) is 0 Å². The molecule has 0 saturated heterocycles. The normalized spacial score (nSPS) is 20.4. The zero-order valence-corrected chi connectivity index (χ0v) is 21.6. The van der Waals surface area contributed by atoms with Gasteiger partial charge in [-0.3, -0.25) is 0 Å². The summed E-state index contributed by atoms with van der Waals surface area (Å²) in [6.45, 7) is 0.867. The second-order valence-electron chi connectivity index (χ2n) is 10.5. The molecule has 6 rings (SSSR count). The van der Waals surface area contributed by atoms with E-state index in [0.717, 1.165) is 36.9 Å². The number of fused-ring (bicyclic) bond motifs is 1. The van der Waals surface area contributed by atoms with Gasteiger partial charge in [-0.15, -0.1) is 5.10 Å². The number of nitrogens with one attached hydrogen (secondary N) is 2. The van der Waals surface area contributed by atoms with Gasteiger partial charge in [-0.2, -0.15) is 0 Å². The first-order chi connectivity index (χ1) is 18.7. The van der Waals surface area contributed by atoms with Gasteiger partial charge in [0, 0.05) is 11.5 Å². The number of aromatic nitrogens is 4. The van der Waals surface area contributed by atoms with Crippen LogP contribution in [0.25, 0.3) is 11.2 Å². The van der Waals surface area contributed by atoms with Gasteiger partial charge in [-0.25, -0.2) is 10.1 Å². The quantitative estimate of drug-likeness (QED) is 0.232. The summed E-state index contributed by atoms with van der Waals surface area (Å²) < 4.78 is 0. The lowest BCUT2D eigenvalue weighted by molar-refractivity contribution is 0.215. The van der Waals surface area contributed by atoms with Crippen molar-refractivity contribution in [2.24, 2.45) is 0 Å². The zero-order valence-electron chi connectivity index (χ0n) is 21.6. The highest BCUT2D eigenvalue weighted by Crippen LogP contribution is 2.43. The molecule has 0 aliphatic heterocycles. The minimum atomic E-state index is -0.0335. The smallest absolute Gasteiger partial charge is 0.178 e. The molecule has 2 aromatic heterocycles. The summed E-state index contributed by atoms with van der Waals surface area (Å²) in [6, 6.07) is 34.6. The van der Waals surface area contributed by atoms with E-state index in [2.05, 4.69) is 117 Å². The number of aromatic amines is 1. The molecule has 0 amide bonds. The van der Waals surface area contributed by atoms with Crippen LogP contribution in [0.1, 0.15) is 66.2 Å². The number of rotatable bonds is 8. The van der Waals surface area contributed by atoms with E-state index in [9.17, 15) is 0 Å². The maximum atomic E-state index is 6.20. The predicted octanol–water partition coefficient (Wildman–Crippen LogP) is 6.30. The molecular formula is C32H34N6. The average molecular weight is 503 g/mol. The number of nitrogen functional groups attached to an aromatic ring is 1. The Morgan fingerprint density at radius 3 is 2.26 bits per heavy atom. The summed E-state index contributed by atoms with van der Waals surface area (Å²) in [5, 5.41) is 15.3. The standard InChI is InChI=1S/C32H34N6/c33-29-22-28(30-31(35-29)37-38-36-30)27(25-12-6-2-7-13-25)18-21-34-32(26-14-8-3-9-15-26)19-16-24(17-20-32)23-10-4-1-5-11-23/h1-15,22,24,27,34H,16-21H2,(H3,33,35,36,37,38). The highest BCUT2D eigenvalue weighted by atomic mass is 15.3. The Morgan fingerprint density at radius 2 is 1.55 bits per heavy atom. The van der Waals surface area contributed by atoms with Gasteiger partial charge < -0.3 is 11.1 Å². The Kier molecular flexibility index (Phi) is 6.88. The number of anilines is 1. The fourth-order valence-electron chi connectivity index (χ4n) is 6.29. The van der Waals surface area contributed by atoms with Crippen molar-refractivity contribution in [3.63, 3.8) is 0 Å². The van der Waals surface area contributed by atoms with E-state index in [1.54, 1.807) is 0 Å². The molecule has 1 atom stereocenters. The summed E-state index contributed by atoms with van der Waals surface area (Å²) in [7, 11) is 0. The number of H-pyrrole nitrogens is 1. The van der Waals surface area contributed by atoms with Gasteiger partial charge in [-0.1, -0.05) is 96.2 Å². The molecular weight excluding hydrogens is 468 g/mol. The molecule has 0 radical (unpaired) electrons. The van der Waals surface area contributed by atoms with Crippen molar-refractivity contribution in [1.29, 1.82) is 0 Å². The number of benzene rings is 3. The average Bonchev–Trinajstić information content (AvgIpc) is 3.45. The first-order valence-electron chi connectivity index (χ1n) is 13.6. The summed E-state index contributed by atoms with van der Waals surface area (Å²) >= 11 is 0. The van der Waals surface area contributed by atoms with E-state index in [1.165, 1.54) is 29.5 Å². The van der Waals surface area contributed by atoms with Gasteiger partial charge in [0.1, 0.15) is 11.3 Å². The molecule has 1 fully saturated rings. The van der Waals surface area contributed by atoms with Crippen LogP contribution in [0.4, 0.5) is 5.82 Å². The van der Waals surface area contributed by atoms with Gasteiger partial charge in [-0.05, 0) is 72.9 Å². The van der Waals surface area contributed by atoms with Crippen LogP contribution < -0.4 is 11.1 Å². The fourth-order valence-corrected chi connectivity index (χ4v) is 6.29. The van der Waals surface area contributed by atoms with Gasteiger partial charge in [0.2, 0.25) is 0 Å². The molecule has 1 saturated carbocycles. The lowest BCUT2D eigenvalue weighted by atomic mass is 9.71. The summed E-state index contributed by atoms with van der Waals surface area (Å²) in [6.07, 6.45) is 5.49. The summed E-state index contributed by atoms with van der Waals surface area (Å²) in [5.74, 6) is 1.22. The molecule has 192 valence electrons. The molecule has 0 spiro atoms. The molecule has 1 aliphatic rings. The van der Waals surface area contributed by atoms with E-state index in [-0.39, 0.29) is 11.5 Å². The molecule has 38 heavy (non-hydrogen) atoms. The van der Waals surface area contributed by atoms with Crippen LogP contribution in [0, 0.1) is 0 Å². The molecule has 1 unspecified atom stereocenters. The van der Waals surface area contributed by atoms with E-state index < -0.39 is 0 Å². The van der Waals surface area contributed by atoms with Gasteiger partial charge in [0.05, 0.1) is 0 Å². The lowest BCUT2D eigenvalue weighted by Gasteiger charge is -2.42. The Balaban J connectivity index is 1.26. The van der Waals surface area contributed by atoms with Crippen molar-refractivity contribution in [3.05, 3.63) is 119 Å². The minimum absolute atomic E-state index is 0.0335. The molecule has 1 aliphatic carbocycles. The van der Waals surface area contributed by atoms with Crippen molar-refractivity contribution >= 4 is 17.0 Å². The first kappa shape index (κ1) is 24.3. The largest absolute Gasteiger partial charge is 0.384 e. The summed E-state index contributed by atoms with van der Waals surface area (Å²) in [4.78, 5) is 4.39. The number of nitrogens with two attached hydrogens (primary N) is 1. The van der Waals surface area contributed by atoms with Crippen molar-refractivity contribution in [2.45, 2.75) is 49.5 Å². The summed E-state index contributed by atoms with van der Waals surface area (Å²) in [5.41, 5.74) is 12.7. The minimum Gasteiger partial charge on any atom is -0.384 e. The third-order valence-corrected chi connectivity index (χ3v) is 8.26. The fraction of sp³-hybridized carbons (Fsp3) is 0.281. The van der Waals surface area contributed by atoms with Gasteiger partial charge in [0.25, 0.3) is 0 Å². The van der Waals surface area contributed by atoms with Crippen LogP contribution in [0.5, 0.6) is 0 Å². The molecule has 6 heteroatoms. The molecule has 0 bridgehead atoms. The highest BCUT2D eigenvalue weighted by molar-refractivity contribution is 5.77. The molecule has 4 N–H and O–H groups in total. The van der Waals surface area contributed by atoms with Crippen LogP contribution in [0.2, 0.25) is 0 Å². The van der Waals surface area contributed by atoms with Crippen molar-refractivity contribution in [2.75, 3.05) is 12.3 Å². The van der Waals surface area contributed by atoms with Crippen molar-refractivity contribution < 1.29 is 0 Å². The Bertz CT molecular complexity index is 1460. The topological polar surface area (TPSA) is 92.5 Å². The van der Waals surface area contributed by atoms with E-state index in [4.69, 9.17) is 5.73 Å². The van der Waals surface area contributed by atoms with Crippen molar-refractivity contribution in [3.8, 4) is 0 Å². The zero-order chi connectivity index (χ0) is 25.8. The first-order valence-corrected chi connectivity index (χ1v) is 13.6. The Morgan fingerprint density at radius 1 is 0.895 bits per heavy atom. The van der Waals surface area contributed by atoms with Crippen LogP contribution in [-0.2, 0) is 5.54 Å². The number of nitrogens with zero attached hydrogens (tertiary/aromatic N) is 3. The highest BCUT2D eigenvalue weighted by Gasteiger charge is 2.37. The molecule has 5 aromatic rings. The Labute approximate surface area is 223 Å². The number of pyridine rings is 1. The van der Waals surface area contributed by atoms with E-state index in [1.807, 2.05) is 6.07 Å². The third-order valence-electron chi connectivity index (χ3n) is 8.26. The number of hydrogen-bond donors (Lipinski definition) is 3. The van der Waals surface area contributed by atoms with Crippen molar-refractivity contribution in [1.82, 2.24) is 25.7 Å². The molecule has 2 heterocycles. The lowest BCUT2D eigenvalue weighted by Crippen LogP contribution is -2.45. The third kappa shape index (κ3) is 4.92. The van der Waals surface area contributed by atoms with E-state index >= 15 is 0 Å². The second-order valence-corrected chi connectivity index (χ2v) is 10.5. The van der Waals surface area contributed by atoms with Crippen LogP contribution in [-0.4, -0.2) is 26.9 Å². The maximum Gasteiger partial charge on any atom is 0.178 e.